The van der Waals surface area contributed by atoms with Gasteiger partial charge in [0.1, 0.15) is 5.82 Å². The minimum atomic E-state index is -0.932. The highest BCUT2D eigenvalue weighted by atomic mass is 19.1. The van der Waals surface area contributed by atoms with Crippen LogP contribution in [-0.4, -0.2) is 26.8 Å². The third-order valence-corrected chi connectivity index (χ3v) is 2.89. The van der Waals surface area contributed by atoms with Crippen molar-refractivity contribution >= 4 is 17.6 Å². The van der Waals surface area contributed by atoms with Crippen molar-refractivity contribution in [3.8, 4) is 0 Å². The first kappa shape index (κ1) is 14.7. The normalized spacial score (nSPS) is 10.4. The van der Waals surface area contributed by atoms with E-state index in [0.717, 1.165) is 0 Å². The van der Waals surface area contributed by atoms with Crippen molar-refractivity contribution in [2.75, 3.05) is 5.32 Å². The van der Waals surface area contributed by atoms with Crippen molar-refractivity contribution in [3.05, 3.63) is 47.5 Å². The van der Waals surface area contributed by atoms with Gasteiger partial charge in [0.05, 0.1) is 24.7 Å². The van der Waals surface area contributed by atoms with Gasteiger partial charge in [-0.1, -0.05) is 0 Å². The Hall–Kier alpha value is -2.70. The van der Waals surface area contributed by atoms with E-state index < -0.39 is 5.97 Å². The smallest absolute Gasteiger partial charge is 0.305 e. The molecule has 0 unspecified atom stereocenters. The zero-order valence-electron chi connectivity index (χ0n) is 11.3. The van der Waals surface area contributed by atoms with Gasteiger partial charge in [-0.25, -0.2) is 4.39 Å². The summed E-state index contributed by atoms with van der Waals surface area (Å²) in [5.41, 5.74) is 1.44. The molecule has 0 aliphatic heterocycles. The largest absolute Gasteiger partial charge is 0.481 e. The molecule has 0 bridgehead atoms. The molecular weight excluding hydrogens is 277 g/mol. The molecule has 6 nitrogen and oxygen atoms in total. The fraction of sp³-hybridized carbons (Fsp3) is 0.214. The lowest BCUT2D eigenvalue weighted by molar-refractivity contribution is -0.137. The van der Waals surface area contributed by atoms with E-state index in [9.17, 15) is 14.0 Å². The molecule has 0 atom stereocenters. The molecule has 0 spiro atoms. The Morgan fingerprint density at radius 2 is 2.19 bits per heavy atom. The summed E-state index contributed by atoms with van der Waals surface area (Å²) >= 11 is 0. The third-order valence-electron chi connectivity index (χ3n) is 2.89. The molecule has 7 heteroatoms. The van der Waals surface area contributed by atoms with Crippen molar-refractivity contribution in [3.63, 3.8) is 0 Å². The molecule has 110 valence electrons. The summed E-state index contributed by atoms with van der Waals surface area (Å²) in [6.07, 6.45) is 2.76. The monoisotopic (exact) mass is 291 g/mol. The first-order valence-corrected chi connectivity index (χ1v) is 6.27. The summed E-state index contributed by atoms with van der Waals surface area (Å²) in [4.78, 5) is 22.5. The second kappa shape index (κ2) is 6.17. The van der Waals surface area contributed by atoms with Crippen LogP contribution in [0.3, 0.4) is 0 Å². The van der Waals surface area contributed by atoms with Crippen LogP contribution in [0.2, 0.25) is 0 Å². The highest BCUT2D eigenvalue weighted by Crippen LogP contribution is 2.16. The van der Waals surface area contributed by atoms with Crippen molar-refractivity contribution < 1.29 is 19.1 Å². The molecule has 0 radical (unpaired) electrons. The highest BCUT2D eigenvalue weighted by molar-refractivity contribution is 6.04. The molecule has 1 amide bonds. The quantitative estimate of drug-likeness (QED) is 0.883. The highest BCUT2D eigenvalue weighted by Gasteiger charge is 2.11. The van der Waals surface area contributed by atoms with Gasteiger partial charge < -0.3 is 10.4 Å². The van der Waals surface area contributed by atoms with Crippen LogP contribution in [0.25, 0.3) is 0 Å². The summed E-state index contributed by atoms with van der Waals surface area (Å²) in [7, 11) is 0. The van der Waals surface area contributed by atoms with Gasteiger partial charge in [-0.3, -0.25) is 14.3 Å². The molecular formula is C14H14FN3O3. The van der Waals surface area contributed by atoms with Crippen LogP contribution in [-0.2, 0) is 11.3 Å². The van der Waals surface area contributed by atoms with E-state index >= 15 is 0 Å². The van der Waals surface area contributed by atoms with Crippen LogP contribution in [0.4, 0.5) is 10.1 Å². The van der Waals surface area contributed by atoms with Crippen molar-refractivity contribution in [2.24, 2.45) is 0 Å². The third kappa shape index (κ3) is 3.88. The van der Waals surface area contributed by atoms with Gasteiger partial charge in [0.15, 0.2) is 0 Å². The Morgan fingerprint density at radius 3 is 2.86 bits per heavy atom. The first-order valence-electron chi connectivity index (χ1n) is 6.27. The standard InChI is InChI=1S/C14H14FN3O3/c1-9-6-11(15)2-3-12(9)17-14(21)10-7-16-18(8-10)5-4-13(19)20/h2-3,6-8H,4-5H2,1H3,(H,17,21)(H,19,20). The SMILES string of the molecule is Cc1cc(F)ccc1NC(=O)c1cnn(CCC(=O)O)c1. The number of benzene rings is 1. The maximum atomic E-state index is 13.0. The number of rotatable bonds is 5. The number of hydrogen-bond donors (Lipinski definition) is 2. The molecule has 0 aliphatic rings. The first-order chi connectivity index (χ1) is 9.95. The van der Waals surface area contributed by atoms with Gasteiger partial charge >= 0.3 is 5.97 Å². The topological polar surface area (TPSA) is 84.2 Å². The molecule has 0 aliphatic carbocycles. The number of halogens is 1. The average Bonchev–Trinajstić information content (AvgIpc) is 2.88. The summed E-state index contributed by atoms with van der Waals surface area (Å²) in [5, 5.41) is 15.2. The number of hydrogen-bond acceptors (Lipinski definition) is 3. The minimum absolute atomic E-state index is 0.0696. The fourth-order valence-corrected chi connectivity index (χ4v) is 1.78. The number of aromatic nitrogens is 2. The molecule has 2 aromatic rings. The Bertz CT molecular complexity index is 682. The van der Waals surface area contributed by atoms with E-state index in [1.165, 1.54) is 35.3 Å². The Balaban J connectivity index is 2.05. The zero-order valence-corrected chi connectivity index (χ0v) is 11.3. The fourth-order valence-electron chi connectivity index (χ4n) is 1.78. The van der Waals surface area contributed by atoms with E-state index in [0.29, 0.717) is 16.8 Å². The second-order valence-corrected chi connectivity index (χ2v) is 4.55. The van der Waals surface area contributed by atoms with Crippen molar-refractivity contribution in [1.82, 2.24) is 9.78 Å². The lowest BCUT2D eigenvalue weighted by Gasteiger charge is -2.07. The maximum absolute atomic E-state index is 13.0. The number of nitrogens with zero attached hydrogens (tertiary/aromatic N) is 2. The molecule has 0 saturated carbocycles. The second-order valence-electron chi connectivity index (χ2n) is 4.55. The number of anilines is 1. The number of carbonyl (C=O) groups is 2. The summed E-state index contributed by atoms with van der Waals surface area (Å²) < 4.78 is 14.4. The Labute approximate surface area is 120 Å². The molecule has 0 saturated heterocycles. The molecule has 1 aromatic heterocycles. The van der Waals surface area contributed by atoms with Crippen LogP contribution < -0.4 is 5.32 Å². The molecule has 1 heterocycles. The van der Waals surface area contributed by atoms with Crippen molar-refractivity contribution in [2.45, 2.75) is 19.9 Å². The number of aryl methyl sites for hydroxylation is 2. The van der Waals surface area contributed by atoms with Crippen LogP contribution >= 0.6 is 0 Å². The minimum Gasteiger partial charge on any atom is -0.481 e. The molecule has 21 heavy (non-hydrogen) atoms. The summed E-state index contributed by atoms with van der Waals surface area (Å²) in [6.45, 7) is 1.88. The Kier molecular flexibility index (Phi) is 4.32. The van der Waals surface area contributed by atoms with Gasteiger partial charge in [0.25, 0.3) is 5.91 Å². The van der Waals surface area contributed by atoms with Gasteiger partial charge in [0.2, 0.25) is 0 Å². The number of amides is 1. The van der Waals surface area contributed by atoms with Crippen LogP contribution in [0.15, 0.2) is 30.6 Å². The van der Waals surface area contributed by atoms with Gasteiger partial charge in [0, 0.05) is 11.9 Å². The Morgan fingerprint density at radius 1 is 1.43 bits per heavy atom. The van der Waals surface area contributed by atoms with Gasteiger partial charge in [-0.2, -0.15) is 5.10 Å². The van der Waals surface area contributed by atoms with Gasteiger partial charge in [-0.15, -0.1) is 0 Å². The number of carboxylic acids is 1. The average molecular weight is 291 g/mol. The number of aliphatic carboxylic acids is 1. The molecule has 0 fully saturated rings. The molecule has 2 N–H and O–H groups in total. The number of nitrogens with one attached hydrogen (secondary N) is 1. The predicted octanol–water partition coefficient (Wildman–Crippen LogP) is 2.06. The van der Waals surface area contributed by atoms with E-state index in [-0.39, 0.29) is 24.7 Å². The summed E-state index contributed by atoms with van der Waals surface area (Å²) in [6, 6.07) is 4.07. The molecule has 1 aromatic carbocycles. The van der Waals surface area contributed by atoms with Gasteiger partial charge in [-0.05, 0) is 30.7 Å². The lowest BCUT2D eigenvalue weighted by atomic mass is 10.2. The number of carbonyl (C=O) groups excluding carboxylic acids is 1. The maximum Gasteiger partial charge on any atom is 0.305 e. The van der Waals surface area contributed by atoms with Crippen LogP contribution in [0.1, 0.15) is 22.3 Å². The van der Waals surface area contributed by atoms with E-state index in [1.807, 2.05) is 0 Å². The van der Waals surface area contributed by atoms with E-state index in [4.69, 9.17) is 5.11 Å². The predicted molar refractivity (Wildman–Crippen MR) is 73.6 cm³/mol. The summed E-state index contributed by atoms with van der Waals surface area (Å²) in [5.74, 6) is -1.68. The lowest BCUT2D eigenvalue weighted by Crippen LogP contribution is -2.12. The molecule has 2 rings (SSSR count). The van der Waals surface area contributed by atoms with Crippen LogP contribution in [0, 0.1) is 12.7 Å². The van der Waals surface area contributed by atoms with E-state index in [2.05, 4.69) is 10.4 Å². The van der Waals surface area contributed by atoms with Crippen molar-refractivity contribution in [1.29, 1.82) is 0 Å². The van der Waals surface area contributed by atoms with E-state index in [1.54, 1.807) is 6.92 Å². The zero-order chi connectivity index (χ0) is 15.4. The van der Waals surface area contributed by atoms with Crippen LogP contribution in [0.5, 0.6) is 0 Å². The number of carboxylic acid groups (broad SMARTS) is 1.